The van der Waals surface area contributed by atoms with Crippen LogP contribution in [-0.2, 0) is 12.7 Å². The van der Waals surface area contributed by atoms with Gasteiger partial charge in [0.2, 0.25) is 0 Å². The minimum atomic E-state index is -4.72. The zero-order valence-electron chi connectivity index (χ0n) is 15.8. The van der Waals surface area contributed by atoms with Crippen LogP contribution in [0.25, 0.3) is 0 Å². The van der Waals surface area contributed by atoms with Gasteiger partial charge in [-0.2, -0.15) is 13.2 Å². The number of pyridine rings is 1. The zero-order valence-corrected chi connectivity index (χ0v) is 16.5. The molecule has 1 aromatic carbocycles. The fourth-order valence-corrected chi connectivity index (χ4v) is 3.55. The van der Waals surface area contributed by atoms with Crippen molar-refractivity contribution in [2.24, 2.45) is 0 Å². The van der Waals surface area contributed by atoms with E-state index in [0.717, 1.165) is 11.4 Å². The summed E-state index contributed by atoms with van der Waals surface area (Å²) in [5.74, 6) is -1.92. The van der Waals surface area contributed by atoms with E-state index in [0.29, 0.717) is 44.7 Å². The van der Waals surface area contributed by atoms with Crippen molar-refractivity contribution in [2.75, 3.05) is 26.2 Å². The van der Waals surface area contributed by atoms with Crippen LogP contribution in [0.4, 0.5) is 17.6 Å². The van der Waals surface area contributed by atoms with Crippen LogP contribution in [-0.4, -0.2) is 46.9 Å². The highest BCUT2D eigenvalue weighted by Crippen LogP contribution is 2.34. The number of hydrogen-bond acceptors (Lipinski definition) is 3. The lowest BCUT2D eigenvalue weighted by molar-refractivity contribution is -0.137. The molecule has 0 spiro atoms. The molecule has 3 rings (SSSR count). The van der Waals surface area contributed by atoms with Crippen molar-refractivity contribution in [1.82, 2.24) is 14.8 Å². The van der Waals surface area contributed by atoms with Crippen LogP contribution in [0, 0.1) is 12.7 Å². The first kappa shape index (κ1) is 21.5. The number of nitrogens with zero attached hydrogens (tertiary/aromatic N) is 3. The fourth-order valence-electron chi connectivity index (χ4n) is 3.33. The molecular formula is C20H20ClF4N3O. The lowest BCUT2D eigenvalue weighted by Crippen LogP contribution is -2.35. The maximum absolute atomic E-state index is 14.3. The molecule has 0 bridgehead atoms. The number of rotatable bonds is 3. The first-order valence-electron chi connectivity index (χ1n) is 9.15. The van der Waals surface area contributed by atoms with E-state index in [1.165, 1.54) is 4.90 Å². The number of aromatic nitrogens is 1. The van der Waals surface area contributed by atoms with Crippen LogP contribution in [0.1, 0.15) is 33.7 Å². The number of halogens is 5. The highest BCUT2D eigenvalue weighted by atomic mass is 35.5. The van der Waals surface area contributed by atoms with E-state index in [-0.39, 0.29) is 6.54 Å². The summed E-state index contributed by atoms with van der Waals surface area (Å²) in [6, 6.07) is 6.77. The molecule has 9 heteroatoms. The Hall–Kier alpha value is -2.19. The van der Waals surface area contributed by atoms with Crippen molar-refractivity contribution in [3.63, 3.8) is 0 Å². The quantitative estimate of drug-likeness (QED) is 0.672. The third kappa shape index (κ3) is 5.25. The summed E-state index contributed by atoms with van der Waals surface area (Å²) in [5, 5.41) is -0.717. The fraction of sp³-hybridized carbons (Fsp3) is 0.400. The summed E-state index contributed by atoms with van der Waals surface area (Å²) >= 11 is 5.61. The van der Waals surface area contributed by atoms with Gasteiger partial charge in [0.05, 0.1) is 21.8 Å². The molecule has 1 amide bonds. The van der Waals surface area contributed by atoms with E-state index < -0.39 is 34.1 Å². The van der Waals surface area contributed by atoms with Gasteiger partial charge in [-0.25, -0.2) is 4.39 Å². The van der Waals surface area contributed by atoms with Crippen LogP contribution in [0.2, 0.25) is 5.02 Å². The Labute approximate surface area is 171 Å². The lowest BCUT2D eigenvalue weighted by Gasteiger charge is -2.22. The van der Waals surface area contributed by atoms with Crippen LogP contribution in [0.15, 0.2) is 30.3 Å². The molecule has 0 radical (unpaired) electrons. The number of carbonyl (C=O) groups is 1. The van der Waals surface area contributed by atoms with Gasteiger partial charge in [-0.1, -0.05) is 17.7 Å². The molecule has 0 unspecified atom stereocenters. The second-order valence-electron chi connectivity index (χ2n) is 7.01. The Kier molecular flexibility index (Phi) is 6.43. The molecule has 1 aliphatic heterocycles. The predicted molar refractivity (Wildman–Crippen MR) is 101 cm³/mol. The van der Waals surface area contributed by atoms with Gasteiger partial charge in [-0.3, -0.25) is 14.7 Å². The van der Waals surface area contributed by atoms with E-state index in [1.807, 2.05) is 25.1 Å². The van der Waals surface area contributed by atoms with Crippen LogP contribution < -0.4 is 0 Å². The normalized spacial score (nSPS) is 16.0. The van der Waals surface area contributed by atoms with E-state index in [2.05, 4.69) is 9.88 Å². The van der Waals surface area contributed by atoms with E-state index in [4.69, 9.17) is 11.6 Å². The summed E-state index contributed by atoms with van der Waals surface area (Å²) in [6.07, 6.45) is -4.10. The summed E-state index contributed by atoms with van der Waals surface area (Å²) in [6.45, 7) is 4.32. The van der Waals surface area contributed by atoms with Crippen molar-refractivity contribution in [2.45, 2.75) is 26.1 Å². The van der Waals surface area contributed by atoms with Crippen molar-refractivity contribution >= 4 is 17.5 Å². The molecule has 156 valence electrons. The maximum atomic E-state index is 14.3. The zero-order chi connectivity index (χ0) is 21.2. The van der Waals surface area contributed by atoms with Crippen molar-refractivity contribution in [3.05, 3.63) is 63.7 Å². The number of amides is 1. The summed E-state index contributed by atoms with van der Waals surface area (Å²) in [4.78, 5) is 20.7. The monoisotopic (exact) mass is 429 g/mol. The number of aryl methyl sites for hydroxylation is 1. The third-order valence-corrected chi connectivity index (χ3v) is 5.07. The molecule has 1 fully saturated rings. The molecule has 1 saturated heterocycles. The molecule has 2 heterocycles. The number of carbonyl (C=O) groups excluding carboxylic acids is 1. The molecular weight excluding hydrogens is 410 g/mol. The standard InChI is InChI=1S/C20H20ClF4N3O/c1-13-4-2-5-15(26-13)12-27-6-3-7-28(9-8-27)19(29)16-10-14(20(23,24)25)11-17(21)18(16)22/h2,4-5,10-11H,3,6-9,12H2,1H3. The van der Waals surface area contributed by atoms with Crippen LogP contribution in [0.3, 0.4) is 0 Å². The van der Waals surface area contributed by atoms with Crippen LogP contribution in [0.5, 0.6) is 0 Å². The minimum Gasteiger partial charge on any atom is -0.337 e. The molecule has 0 atom stereocenters. The van der Waals surface area contributed by atoms with Gasteiger partial charge in [-0.05, 0) is 37.6 Å². The van der Waals surface area contributed by atoms with Gasteiger partial charge in [0.25, 0.3) is 5.91 Å². The molecule has 2 aromatic rings. The largest absolute Gasteiger partial charge is 0.416 e. The Bertz CT molecular complexity index is 904. The van der Waals surface area contributed by atoms with E-state index in [1.54, 1.807) is 0 Å². The lowest BCUT2D eigenvalue weighted by atomic mass is 10.1. The van der Waals surface area contributed by atoms with Gasteiger partial charge in [0, 0.05) is 38.4 Å². The van der Waals surface area contributed by atoms with Crippen molar-refractivity contribution in [1.29, 1.82) is 0 Å². The average Bonchev–Trinajstić information content (AvgIpc) is 2.88. The maximum Gasteiger partial charge on any atom is 0.416 e. The van der Waals surface area contributed by atoms with Gasteiger partial charge < -0.3 is 4.90 Å². The van der Waals surface area contributed by atoms with Gasteiger partial charge in [-0.15, -0.1) is 0 Å². The number of alkyl halides is 3. The number of hydrogen-bond donors (Lipinski definition) is 0. The Balaban J connectivity index is 1.73. The SMILES string of the molecule is Cc1cccc(CN2CCCN(C(=O)c3cc(C(F)(F)F)cc(Cl)c3F)CC2)n1. The Morgan fingerprint density at radius 3 is 2.62 bits per heavy atom. The molecule has 0 aliphatic carbocycles. The highest BCUT2D eigenvalue weighted by Gasteiger charge is 2.34. The minimum absolute atomic E-state index is 0.276. The summed E-state index contributed by atoms with van der Waals surface area (Å²) < 4.78 is 53.4. The third-order valence-electron chi connectivity index (χ3n) is 4.79. The first-order chi connectivity index (χ1) is 13.6. The average molecular weight is 430 g/mol. The second kappa shape index (κ2) is 8.67. The summed E-state index contributed by atoms with van der Waals surface area (Å²) in [5.41, 5.74) is 0.0133. The molecule has 29 heavy (non-hydrogen) atoms. The molecule has 1 aromatic heterocycles. The van der Waals surface area contributed by atoms with E-state index >= 15 is 0 Å². The molecule has 0 saturated carbocycles. The summed E-state index contributed by atoms with van der Waals surface area (Å²) in [7, 11) is 0. The Morgan fingerprint density at radius 1 is 1.17 bits per heavy atom. The van der Waals surface area contributed by atoms with Crippen molar-refractivity contribution < 1.29 is 22.4 Å². The van der Waals surface area contributed by atoms with Crippen molar-refractivity contribution in [3.8, 4) is 0 Å². The second-order valence-corrected chi connectivity index (χ2v) is 7.42. The van der Waals surface area contributed by atoms with Gasteiger partial charge in [0.15, 0.2) is 5.82 Å². The van der Waals surface area contributed by atoms with E-state index in [9.17, 15) is 22.4 Å². The predicted octanol–water partition coefficient (Wildman–Crippen LogP) is 4.55. The van der Waals surface area contributed by atoms with Crippen LogP contribution >= 0.6 is 11.6 Å². The number of benzene rings is 1. The molecule has 4 nitrogen and oxygen atoms in total. The highest BCUT2D eigenvalue weighted by molar-refractivity contribution is 6.31. The Morgan fingerprint density at radius 2 is 1.93 bits per heavy atom. The topological polar surface area (TPSA) is 36.4 Å². The molecule has 1 aliphatic rings. The van der Waals surface area contributed by atoms with Gasteiger partial charge >= 0.3 is 6.18 Å². The molecule has 0 N–H and O–H groups in total. The van der Waals surface area contributed by atoms with Gasteiger partial charge in [0.1, 0.15) is 0 Å². The smallest absolute Gasteiger partial charge is 0.337 e. The first-order valence-corrected chi connectivity index (χ1v) is 9.53.